The van der Waals surface area contributed by atoms with Crippen molar-refractivity contribution in [1.82, 2.24) is 4.37 Å². The number of nitriles is 1. The maximum atomic E-state index is 11.4. The number of nitrogens with one attached hydrogen (secondary N) is 2. The van der Waals surface area contributed by atoms with Gasteiger partial charge in [0.25, 0.3) is 5.56 Å². The number of esters is 1. The van der Waals surface area contributed by atoms with E-state index in [9.17, 15) is 9.59 Å². The van der Waals surface area contributed by atoms with Gasteiger partial charge < -0.3 is 10.1 Å². The van der Waals surface area contributed by atoms with E-state index in [-0.39, 0.29) is 5.56 Å². The minimum Gasteiger partial charge on any atom is -0.465 e. The van der Waals surface area contributed by atoms with Crippen LogP contribution in [0.3, 0.4) is 0 Å². The third-order valence-corrected chi connectivity index (χ3v) is 3.15. The fourth-order valence-electron chi connectivity index (χ4n) is 1.46. The van der Waals surface area contributed by atoms with Crippen molar-refractivity contribution >= 4 is 28.2 Å². The summed E-state index contributed by atoms with van der Waals surface area (Å²) in [5.74, 6) is -0.452. The number of methoxy groups -OCH3 is 1. The highest BCUT2D eigenvalue weighted by atomic mass is 32.1. The molecule has 7 heteroatoms. The summed E-state index contributed by atoms with van der Waals surface area (Å²) in [6, 6.07) is 8.42. The molecule has 0 unspecified atom stereocenters. The molecule has 0 saturated heterocycles. The van der Waals surface area contributed by atoms with E-state index >= 15 is 0 Å². The molecule has 6 nitrogen and oxygen atoms in total. The number of anilines is 2. The van der Waals surface area contributed by atoms with Crippen LogP contribution in [0.2, 0.25) is 0 Å². The minimum absolute atomic E-state index is 0.0217. The van der Waals surface area contributed by atoms with Gasteiger partial charge in [-0.25, -0.2) is 4.79 Å². The van der Waals surface area contributed by atoms with Crippen molar-refractivity contribution in [2.45, 2.75) is 0 Å². The fraction of sp³-hybridized carbons (Fsp3) is 0.0833. The highest BCUT2D eigenvalue weighted by Gasteiger charge is 2.11. The molecule has 0 atom stereocenters. The number of hydrogen-bond donors (Lipinski definition) is 2. The van der Waals surface area contributed by atoms with E-state index in [1.54, 1.807) is 24.3 Å². The molecular formula is C12H9N3O3S. The number of aromatic nitrogens is 1. The molecule has 0 fully saturated rings. The Labute approximate surface area is 112 Å². The van der Waals surface area contributed by atoms with E-state index < -0.39 is 11.5 Å². The van der Waals surface area contributed by atoms with E-state index in [0.717, 1.165) is 11.5 Å². The summed E-state index contributed by atoms with van der Waals surface area (Å²) in [4.78, 5) is 22.7. The monoisotopic (exact) mass is 275 g/mol. The molecule has 2 rings (SSSR count). The molecule has 0 radical (unpaired) electrons. The van der Waals surface area contributed by atoms with Crippen molar-refractivity contribution in [2.75, 3.05) is 12.4 Å². The predicted octanol–water partition coefficient (Wildman–Crippen LogP) is 1.84. The highest BCUT2D eigenvalue weighted by molar-refractivity contribution is 7.10. The Bertz CT molecular complexity index is 711. The first kappa shape index (κ1) is 12.9. The lowest BCUT2D eigenvalue weighted by molar-refractivity contribution is 0.0601. The summed E-state index contributed by atoms with van der Waals surface area (Å²) >= 11 is 1.03. The third kappa shape index (κ3) is 2.64. The van der Waals surface area contributed by atoms with Gasteiger partial charge in [-0.05, 0) is 29.7 Å². The van der Waals surface area contributed by atoms with Gasteiger partial charge in [-0.2, -0.15) is 5.26 Å². The Morgan fingerprint density at radius 2 is 2.32 bits per heavy atom. The molecule has 1 aromatic heterocycles. The number of ether oxygens (including phenoxy) is 1. The van der Waals surface area contributed by atoms with E-state index in [2.05, 4.69) is 14.4 Å². The Kier molecular flexibility index (Phi) is 3.63. The normalized spacial score (nSPS) is 9.68. The lowest BCUT2D eigenvalue weighted by Crippen LogP contribution is -2.04. The molecule has 0 amide bonds. The third-order valence-electron chi connectivity index (χ3n) is 2.35. The highest BCUT2D eigenvalue weighted by Crippen LogP contribution is 2.22. The van der Waals surface area contributed by atoms with Crippen LogP contribution >= 0.6 is 11.5 Å². The maximum absolute atomic E-state index is 11.4. The molecule has 2 aromatic rings. The first-order valence-corrected chi connectivity index (χ1v) is 6.04. The Hall–Kier alpha value is -2.59. The summed E-state index contributed by atoms with van der Waals surface area (Å²) in [7, 11) is 1.30. The summed E-state index contributed by atoms with van der Waals surface area (Å²) in [6.45, 7) is 0. The number of carbonyl (C=O) groups is 1. The lowest BCUT2D eigenvalue weighted by Gasteiger charge is -2.05. The molecule has 1 aromatic carbocycles. The molecule has 96 valence electrons. The van der Waals surface area contributed by atoms with Crippen LogP contribution in [0, 0.1) is 11.3 Å². The number of benzene rings is 1. The molecule has 0 aliphatic carbocycles. The molecule has 1 heterocycles. The standard InChI is InChI=1S/C12H9N3O3S/c1-18-12(17)7-3-2-4-8(5-7)14-11-9(6-13)10(16)15-19-11/h2-5,14H,1H3,(H,15,16). The first-order chi connectivity index (χ1) is 9.15. The number of hydrogen-bond acceptors (Lipinski definition) is 6. The number of aromatic amines is 1. The largest absolute Gasteiger partial charge is 0.465 e. The zero-order chi connectivity index (χ0) is 13.8. The smallest absolute Gasteiger partial charge is 0.337 e. The number of H-pyrrole nitrogens is 1. The second-order valence-electron chi connectivity index (χ2n) is 3.55. The van der Waals surface area contributed by atoms with E-state index in [4.69, 9.17) is 5.26 Å². The van der Waals surface area contributed by atoms with Crippen LogP contribution in [-0.2, 0) is 4.74 Å². The van der Waals surface area contributed by atoms with Crippen LogP contribution in [0.4, 0.5) is 10.7 Å². The van der Waals surface area contributed by atoms with Crippen molar-refractivity contribution in [2.24, 2.45) is 0 Å². The first-order valence-electron chi connectivity index (χ1n) is 5.22. The van der Waals surface area contributed by atoms with Crippen molar-refractivity contribution in [3.63, 3.8) is 0 Å². The van der Waals surface area contributed by atoms with Gasteiger partial charge in [0, 0.05) is 5.69 Å². The number of carbonyl (C=O) groups excluding carboxylic acids is 1. The Morgan fingerprint density at radius 1 is 1.53 bits per heavy atom. The van der Waals surface area contributed by atoms with Crippen LogP contribution in [-0.4, -0.2) is 17.5 Å². The van der Waals surface area contributed by atoms with Crippen molar-refractivity contribution in [1.29, 1.82) is 5.26 Å². The number of nitrogens with zero attached hydrogens (tertiary/aromatic N) is 1. The fourth-order valence-corrected chi connectivity index (χ4v) is 2.17. The summed E-state index contributed by atoms with van der Waals surface area (Å²) in [5, 5.41) is 12.2. The van der Waals surface area contributed by atoms with Gasteiger partial charge in [0.2, 0.25) is 0 Å². The summed E-state index contributed by atoms with van der Waals surface area (Å²) in [6.07, 6.45) is 0. The van der Waals surface area contributed by atoms with E-state index in [0.29, 0.717) is 16.3 Å². The van der Waals surface area contributed by atoms with Gasteiger partial charge in [0.05, 0.1) is 12.7 Å². The van der Waals surface area contributed by atoms with Crippen LogP contribution in [0.15, 0.2) is 29.1 Å². The van der Waals surface area contributed by atoms with Crippen LogP contribution in [0.5, 0.6) is 0 Å². The molecule has 19 heavy (non-hydrogen) atoms. The lowest BCUT2D eigenvalue weighted by atomic mass is 10.2. The van der Waals surface area contributed by atoms with Gasteiger partial charge in [-0.15, -0.1) is 0 Å². The quantitative estimate of drug-likeness (QED) is 0.833. The predicted molar refractivity (Wildman–Crippen MR) is 70.7 cm³/mol. The molecule has 0 bridgehead atoms. The summed E-state index contributed by atoms with van der Waals surface area (Å²) < 4.78 is 7.08. The van der Waals surface area contributed by atoms with Gasteiger partial charge >= 0.3 is 5.97 Å². The average Bonchev–Trinajstić information content (AvgIpc) is 2.78. The molecule has 0 spiro atoms. The molecule has 0 saturated carbocycles. The molecule has 2 N–H and O–H groups in total. The maximum Gasteiger partial charge on any atom is 0.337 e. The summed E-state index contributed by atoms with van der Waals surface area (Å²) in [5.41, 5.74) is 0.566. The Balaban J connectivity index is 2.31. The second kappa shape index (κ2) is 5.37. The molecule has 0 aliphatic rings. The zero-order valence-electron chi connectivity index (χ0n) is 9.89. The van der Waals surface area contributed by atoms with Crippen molar-refractivity contribution in [3.8, 4) is 6.07 Å². The van der Waals surface area contributed by atoms with Gasteiger partial charge in [0.15, 0.2) is 5.56 Å². The minimum atomic E-state index is -0.452. The van der Waals surface area contributed by atoms with Gasteiger partial charge in [-0.1, -0.05) is 6.07 Å². The molecule has 0 aliphatic heterocycles. The van der Waals surface area contributed by atoms with E-state index in [1.807, 2.05) is 6.07 Å². The van der Waals surface area contributed by atoms with E-state index in [1.165, 1.54) is 7.11 Å². The second-order valence-corrected chi connectivity index (χ2v) is 4.36. The van der Waals surface area contributed by atoms with Gasteiger partial charge in [0.1, 0.15) is 11.1 Å². The van der Waals surface area contributed by atoms with Gasteiger partial charge in [-0.3, -0.25) is 9.17 Å². The van der Waals surface area contributed by atoms with Crippen molar-refractivity contribution in [3.05, 3.63) is 45.7 Å². The zero-order valence-corrected chi connectivity index (χ0v) is 10.7. The van der Waals surface area contributed by atoms with Crippen LogP contribution in [0.25, 0.3) is 0 Å². The van der Waals surface area contributed by atoms with Crippen LogP contribution in [0.1, 0.15) is 15.9 Å². The molecular weight excluding hydrogens is 266 g/mol. The topological polar surface area (TPSA) is 95.0 Å². The SMILES string of the molecule is COC(=O)c1cccc(Nc2s[nH]c(=O)c2C#N)c1. The number of rotatable bonds is 3. The Morgan fingerprint density at radius 3 is 3.00 bits per heavy atom. The van der Waals surface area contributed by atoms with Crippen molar-refractivity contribution < 1.29 is 9.53 Å². The van der Waals surface area contributed by atoms with Crippen LogP contribution < -0.4 is 10.9 Å². The average molecular weight is 275 g/mol.